The summed E-state index contributed by atoms with van der Waals surface area (Å²) in [6.07, 6.45) is 0.234. The molecule has 1 atom stereocenters. The highest BCUT2D eigenvalue weighted by Gasteiger charge is 2.35. The summed E-state index contributed by atoms with van der Waals surface area (Å²) in [4.78, 5) is 39.6. The van der Waals surface area contributed by atoms with E-state index in [1.165, 1.54) is 55.3 Å². The Morgan fingerprint density at radius 2 is 1.70 bits per heavy atom. The average molecular weight is 645 g/mol. The first-order chi connectivity index (χ1) is 20.6. The zero-order chi connectivity index (χ0) is 32.8. The number of benzene rings is 3. The van der Waals surface area contributed by atoms with E-state index in [0.29, 0.717) is 16.3 Å². The lowest BCUT2D eigenvalue weighted by Gasteiger charge is -2.35. The number of carbonyl (C=O) groups excluding carboxylic acids is 2. The fourth-order valence-corrected chi connectivity index (χ4v) is 6.16. The van der Waals surface area contributed by atoms with Crippen molar-refractivity contribution in [3.8, 4) is 5.75 Å². The van der Waals surface area contributed by atoms with Crippen molar-refractivity contribution in [2.45, 2.75) is 64.1 Å². The molecule has 11 nitrogen and oxygen atoms in total. The number of hydrogen-bond acceptors (Lipinski definition) is 7. The molecule has 0 heterocycles. The van der Waals surface area contributed by atoms with E-state index in [1.54, 1.807) is 31.2 Å². The van der Waals surface area contributed by atoms with Crippen LogP contribution in [0.2, 0.25) is 5.02 Å². The average Bonchev–Trinajstić information content (AvgIpc) is 2.95. The smallest absolute Gasteiger partial charge is 0.273 e. The summed E-state index contributed by atoms with van der Waals surface area (Å²) in [5, 5.41) is 14.9. The van der Waals surface area contributed by atoms with Crippen molar-refractivity contribution < 1.29 is 27.7 Å². The number of hydrogen-bond donors (Lipinski definition) is 1. The number of anilines is 1. The van der Waals surface area contributed by atoms with Crippen molar-refractivity contribution in [2.24, 2.45) is 0 Å². The molecule has 44 heavy (non-hydrogen) atoms. The number of carbonyl (C=O) groups is 2. The summed E-state index contributed by atoms with van der Waals surface area (Å²) in [7, 11) is -3.07. The zero-order valence-corrected chi connectivity index (χ0v) is 27.1. The van der Waals surface area contributed by atoms with Crippen LogP contribution in [0.25, 0.3) is 0 Å². The van der Waals surface area contributed by atoms with Crippen molar-refractivity contribution in [3.05, 3.63) is 93.0 Å². The summed E-state index contributed by atoms with van der Waals surface area (Å²) >= 11 is 6.43. The van der Waals surface area contributed by atoms with Gasteiger partial charge < -0.3 is 15.0 Å². The number of amides is 2. The minimum absolute atomic E-state index is 0.0684. The molecule has 1 N–H and O–H groups in total. The topological polar surface area (TPSA) is 139 Å². The molecule has 0 aliphatic heterocycles. The molecule has 3 aromatic rings. The van der Waals surface area contributed by atoms with Crippen LogP contribution >= 0.6 is 11.6 Å². The highest BCUT2D eigenvalue weighted by atomic mass is 35.5. The lowest BCUT2D eigenvalue weighted by atomic mass is 10.1. The maximum atomic E-state index is 14.2. The summed E-state index contributed by atoms with van der Waals surface area (Å²) in [6.45, 7) is 7.92. The lowest BCUT2D eigenvalue weighted by Crippen LogP contribution is -2.55. The number of rotatable bonds is 12. The molecule has 236 valence electrons. The fraction of sp³-hybridized carbons (Fsp3) is 0.355. The number of methoxy groups -OCH3 is 1. The van der Waals surface area contributed by atoms with Crippen LogP contribution in [0.3, 0.4) is 0 Å². The number of nitrogens with one attached hydrogen (secondary N) is 1. The van der Waals surface area contributed by atoms with E-state index < -0.39 is 44.9 Å². The first-order valence-corrected chi connectivity index (χ1v) is 15.7. The molecular weight excluding hydrogens is 608 g/mol. The molecule has 0 radical (unpaired) electrons. The van der Waals surface area contributed by atoms with Gasteiger partial charge in [0, 0.05) is 28.7 Å². The second kappa shape index (κ2) is 14.1. The van der Waals surface area contributed by atoms with E-state index in [9.17, 15) is 28.1 Å². The number of halogens is 1. The maximum absolute atomic E-state index is 14.2. The van der Waals surface area contributed by atoms with Gasteiger partial charge in [-0.2, -0.15) is 0 Å². The van der Waals surface area contributed by atoms with Gasteiger partial charge in [-0.25, -0.2) is 8.42 Å². The van der Waals surface area contributed by atoms with Gasteiger partial charge in [-0.05, 0) is 76.1 Å². The number of ether oxygens (including phenoxy) is 1. The van der Waals surface area contributed by atoms with Crippen LogP contribution in [-0.4, -0.2) is 55.3 Å². The molecule has 3 rings (SSSR count). The van der Waals surface area contributed by atoms with E-state index >= 15 is 0 Å². The van der Waals surface area contributed by atoms with E-state index in [4.69, 9.17) is 16.3 Å². The van der Waals surface area contributed by atoms with Gasteiger partial charge in [0.05, 0.1) is 22.6 Å². The summed E-state index contributed by atoms with van der Waals surface area (Å²) in [5.74, 6) is -0.635. The predicted molar refractivity (Wildman–Crippen MR) is 169 cm³/mol. The van der Waals surface area contributed by atoms with Gasteiger partial charge in [-0.15, -0.1) is 0 Å². The van der Waals surface area contributed by atoms with Crippen molar-refractivity contribution in [1.82, 2.24) is 10.2 Å². The first kappa shape index (κ1) is 34.3. The Balaban J connectivity index is 2.14. The van der Waals surface area contributed by atoms with Crippen molar-refractivity contribution >= 4 is 44.8 Å². The molecule has 13 heteroatoms. The normalized spacial score (nSPS) is 12.2. The Bertz CT molecular complexity index is 1620. The molecule has 1 unspecified atom stereocenters. The second-order valence-corrected chi connectivity index (χ2v) is 13.5. The SMILES string of the molecule is CCC(C(=O)NC(C)(C)C)N(Cc1ccccc1Cl)C(=O)CN(c1ccc(OC)cc1)S(=O)(=O)c1ccc(C)c([N+](=O)[O-])c1. The van der Waals surface area contributed by atoms with Crippen LogP contribution in [-0.2, 0) is 26.2 Å². The van der Waals surface area contributed by atoms with Gasteiger partial charge in [0.1, 0.15) is 18.3 Å². The molecule has 0 saturated carbocycles. The Morgan fingerprint density at radius 3 is 2.25 bits per heavy atom. The van der Waals surface area contributed by atoms with Gasteiger partial charge in [0.25, 0.3) is 15.7 Å². The van der Waals surface area contributed by atoms with Crippen LogP contribution in [0.15, 0.2) is 71.6 Å². The third kappa shape index (κ3) is 8.26. The van der Waals surface area contributed by atoms with Gasteiger partial charge in [-0.3, -0.25) is 24.0 Å². The molecule has 0 aromatic heterocycles. The monoisotopic (exact) mass is 644 g/mol. The Labute approximate surface area is 263 Å². The fourth-order valence-electron chi connectivity index (χ4n) is 4.53. The Morgan fingerprint density at radius 1 is 1.07 bits per heavy atom. The number of nitro benzene ring substituents is 1. The van der Waals surface area contributed by atoms with Crippen LogP contribution in [0.5, 0.6) is 5.75 Å². The van der Waals surface area contributed by atoms with E-state index in [-0.39, 0.29) is 34.8 Å². The third-order valence-electron chi connectivity index (χ3n) is 6.79. The minimum atomic E-state index is -4.52. The molecule has 0 bridgehead atoms. The molecule has 2 amide bonds. The predicted octanol–water partition coefficient (Wildman–Crippen LogP) is 5.48. The summed E-state index contributed by atoms with van der Waals surface area (Å²) in [5.41, 5.74) is -0.00730. The summed E-state index contributed by atoms with van der Waals surface area (Å²) < 4.78 is 34.3. The largest absolute Gasteiger partial charge is 0.497 e. The van der Waals surface area contributed by atoms with Crippen LogP contribution in [0.1, 0.15) is 45.2 Å². The number of aryl methyl sites for hydroxylation is 1. The van der Waals surface area contributed by atoms with Crippen molar-refractivity contribution in [3.63, 3.8) is 0 Å². The molecule has 0 aliphatic rings. The lowest BCUT2D eigenvalue weighted by molar-refractivity contribution is -0.385. The number of nitro groups is 1. The Hall–Kier alpha value is -4.16. The second-order valence-electron chi connectivity index (χ2n) is 11.2. The van der Waals surface area contributed by atoms with Gasteiger partial charge in [-0.1, -0.05) is 42.8 Å². The molecule has 0 aliphatic carbocycles. The highest BCUT2D eigenvalue weighted by Crippen LogP contribution is 2.30. The van der Waals surface area contributed by atoms with Crippen LogP contribution in [0, 0.1) is 17.0 Å². The molecular formula is C31H37ClN4O7S. The standard InChI is InChI=1S/C31H37ClN4O7S/c1-7-27(30(38)33-31(3,4)5)34(19-22-10-8-9-11-26(22)32)29(37)20-35(23-13-15-24(43-6)16-14-23)44(41,42)25-17-12-21(2)28(18-25)36(39)40/h8-18,27H,7,19-20H2,1-6H3,(H,33,38). The van der Waals surface area contributed by atoms with Crippen molar-refractivity contribution in [2.75, 3.05) is 18.0 Å². The molecule has 3 aromatic carbocycles. The quantitative estimate of drug-likeness (QED) is 0.203. The van der Waals surface area contributed by atoms with Gasteiger partial charge >= 0.3 is 0 Å². The zero-order valence-electron chi connectivity index (χ0n) is 25.5. The maximum Gasteiger partial charge on any atom is 0.273 e. The third-order valence-corrected chi connectivity index (χ3v) is 8.93. The first-order valence-electron chi connectivity index (χ1n) is 13.9. The van der Waals surface area contributed by atoms with E-state index in [2.05, 4.69) is 5.32 Å². The van der Waals surface area contributed by atoms with E-state index in [0.717, 1.165) is 10.4 Å². The number of nitrogens with zero attached hydrogens (tertiary/aromatic N) is 3. The van der Waals surface area contributed by atoms with Crippen molar-refractivity contribution in [1.29, 1.82) is 0 Å². The summed E-state index contributed by atoms with van der Waals surface area (Å²) in [6, 6.07) is 15.5. The van der Waals surface area contributed by atoms with Gasteiger partial charge in [0.2, 0.25) is 11.8 Å². The molecule has 0 spiro atoms. The molecule has 0 saturated heterocycles. The Kier molecular flexibility index (Phi) is 11.0. The van der Waals surface area contributed by atoms with Crippen LogP contribution < -0.4 is 14.4 Å². The molecule has 0 fully saturated rings. The van der Waals surface area contributed by atoms with E-state index in [1.807, 2.05) is 20.8 Å². The van der Waals surface area contributed by atoms with Gasteiger partial charge in [0.15, 0.2) is 0 Å². The minimum Gasteiger partial charge on any atom is -0.497 e. The number of sulfonamides is 1. The highest BCUT2D eigenvalue weighted by molar-refractivity contribution is 7.92. The van der Waals surface area contributed by atoms with Crippen LogP contribution in [0.4, 0.5) is 11.4 Å².